The molecule has 3 unspecified atom stereocenters. The van der Waals surface area contributed by atoms with Gasteiger partial charge in [0.25, 0.3) is 0 Å². The van der Waals surface area contributed by atoms with Crippen molar-refractivity contribution >= 4 is 21.9 Å². The lowest BCUT2D eigenvalue weighted by Crippen LogP contribution is -2.44. The van der Waals surface area contributed by atoms with Crippen molar-refractivity contribution in [3.63, 3.8) is 0 Å². The van der Waals surface area contributed by atoms with Crippen LogP contribution in [0.15, 0.2) is 28.7 Å². The molecule has 0 amide bonds. The summed E-state index contributed by atoms with van der Waals surface area (Å²) in [6, 6.07) is 9.12. The molecule has 4 heteroatoms. The van der Waals surface area contributed by atoms with Gasteiger partial charge >= 0.3 is 5.97 Å². The first-order valence-electron chi connectivity index (χ1n) is 7.27. The first-order valence-corrected chi connectivity index (χ1v) is 8.06. The molecule has 20 heavy (non-hydrogen) atoms. The molecule has 1 aliphatic heterocycles. The number of nitrogens with zero attached hydrogens (tertiary/aromatic N) is 1. The van der Waals surface area contributed by atoms with Crippen LogP contribution in [0.3, 0.4) is 0 Å². The Morgan fingerprint density at radius 1 is 1.55 bits per heavy atom. The number of piperidine rings is 1. The van der Waals surface area contributed by atoms with E-state index in [9.17, 15) is 4.79 Å². The highest BCUT2D eigenvalue weighted by Gasteiger charge is 2.33. The Kier molecular flexibility index (Phi) is 5.22. The van der Waals surface area contributed by atoms with Crippen LogP contribution in [0.5, 0.6) is 0 Å². The Hall–Kier alpha value is -0.870. The van der Waals surface area contributed by atoms with Crippen molar-refractivity contribution < 1.29 is 9.90 Å². The van der Waals surface area contributed by atoms with Crippen LogP contribution in [0, 0.1) is 5.92 Å². The number of carbonyl (C=O) groups is 1. The van der Waals surface area contributed by atoms with Gasteiger partial charge in [0.1, 0.15) is 0 Å². The van der Waals surface area contributed by atoms with Crippen molar-refractivity contribution in [1.82, 2.24) is 4.90 Å². The molecule has 2 rings (SSSR count). The van der Waals surface area contributed by atoms with Gasteiger partial charge in [0.2, 0.25) is 0 Å². The monoisotopic (exact) mass is 339 g/mol. The van der Waals surface area contributed by atoms with E-state index in [-0.39, 0.29) is 5.92 Å². The zero-order valence-electron chi connectivity index (χ0n) is 12.1. The van der Waals surface area contributed by atoms with E-state index in [4.69, 9.17) is 5.11 Å². The fourth-order valence-electron chi connectivity index (χ4n) is 3.25. The van der Waals surface area contributed by atoms with Gasteiger partial charge in [0, 0.05) is 16.6 Å². The minimum absolute atomic E-state index is 0.179. The maximum atomic E-state index is 11.1. The fourth-order valence-corrected chi connectivity index (χ4v) is 3.67. The second kappa shape index (κ2) is 6.72. The van der Waals surface area contributed by atoms with Gasteiger partial charge in [-0.2, -0.15) is 0 Å². The van der Waals surface area contributed by atoms with E-state index in [0.29, 0.717) is 12.1 Å². The molecule has 3 atom stereocenters. The predicted molar refractivity (Wildman–Crippen MR) is 83.7 cm³/mol. The van der Waals surface area contributed by atoms with E-state index in [0.717, 1.165) is 30.3 Å². The minimum atomic E-state index is -0.646. The summed E-state index contributed by atoms with van der Waals surface area (Å²) in [7, 11) is 0. The molecule has 0 saturated carbocycles. The van der Waals surface area contributed by atoms with Crippen molar-refractivity contribution in [2.75, 3.05) is 6.54 Å². The number of likely N-dealkylation sites (tertiary alicyclic amines) is 1. The molecular formula is C16H22BrNO2. The van der Waals surface area contributed by atoms with E-state index in [1.54, 1.807) is 0 Å². The molecule has 0 bridgehead atoms. The van der Waals surface area contributed by atoms with Crippen LogP contribution in [-0.2, 0) is 4.79 Å². The standard InChI is InChI=1S/C16H22BrNO2/c1-3-15(12-5-4-6-14(17)10-12)18-8-7-13(16(19)20)9-11(18)2/h4-6,10-11,13,15H,3,7-9H2,1-2H3,(H,19,20). The number of carboxylic acids is 1. The molecule has 110 valence electrons. The first-order chi connectivity index (χ1) is 9.52. The van der Waals surface area contributed by atoms with E-state index >= 15 is 0 Å². The Balaban J connectivity index is 2.14. The van der Waals surface area contributed by atoms with Gasteiger partial charge in [0.15, 0.2) is 0 Å². The lowest BCUT2D eigenvalue weighted by molar-refractivity contribution is -0.144. The largest absolute Gasteiger partial charge is 0.481 e. The second-order valence-electron chi connectivity index (χ2n) is 5.63. The summed E-state index contributed by atoms with van der Waals surface area (Å²) in [5, 5.41) is 9.17. The molecule has 1 aliphatic rings. The molecule has 0 aromatic heterocycles. The predicted octanol–water partition coefficient (Wildman–Crippen LogP) is 4.09. The fraction of sp³-hybridized carbons (Fsp3) is 0.562. The van der Waals surface area contributed by atoms with Gasteiger partial charge in [-0.05, 0) is 50.4 Å². The maximum absolute atomic E-state index is 11.1. The number of rotatable bonds is 4. The quantitative estimate of drug-likeness (QED) is 0.898. The number of aliphatic carboxylic acids is 1. The summed E-state index contributed by atoms with van der Waals surface area (Å²) >= 11 is 3.53. The second-order valence-corrected chi connectivity index (χ2v) is 6.54. The van der Waals surface area contributed by atoms with Crippen molar-refractivity contribution in [1.29, 1.82) is 0 Å². The van der Waals surface area contributed by atoms with Gasteiger partial charge in [-0.3, -0.25) is 9.69 Å². The molecule has 0 radical (unpaired) electrons. The van der Waals surface area contributed by atoms with Crippen molar-refractivity contribution in [3.8, 4) is 0 Å². The SMILES string of the molecule is CCC(c1cccc(Br)c1)N1CCC(C(=O)O)CC1C. The lowest BCUT2D eigenvalue weighted by atomic mass is 9.89. The smallest absolute Gasteiger partial charge is 0.306 e. The number of hydrogen-bond donors (Lipinski definition) is 1. The van der Waals surface area contributed by atoms with Crippen LogP contribution in [-0.4, -0.2) is 28.6 Å². The van der Waals surface area contributed by atoms with E-state index in [1.807, 2.05) is 6.07 Å². The Morgan fingerprint density at radius 2 is 2.30 bits per heavy atom. The number of halogens is 1. The highest BCUT2D eigenvalue weighted by atomic mass is 79.9. The summed E-state index contributed by atoms with van der Waals surface area (Å²) < 4.78 is 1.10. The van der Waals surface area contributed by atoms with E-state index in [2.05, 4.69) is 52.9 Å². The zero-order chi connectivity index (χ0) is 14.7. The molecular weight excluding hydrogens is 318 g/mol. The lowest BCUT2D eigenvalue weighted by Gasteiger charge is -2.41. The summed E-state index contributed by atoms with van der Waals surface area (Å²) in [6.07, 6.45) is 2.54. The van der Waals surface area contributed by atoms with Crippen molar-refractivity contribution in [3.05, 3.63) is 34.3 Å². The normalized spacial score (nSPS) is 25.4. The van der Waals surface area contributed by atoms with Crippen molar-refractivity contribution in [2.24, 2.45) is 5.92 Å². The van der Waals surface area contributed by atoms with Crippen LogP contribution in [0.4, 0.5) is 0 Å². The minimum Gasteiger partial charge on any atom is -0.481 e. The van der Waals surface area contributed by atoms with Crippen LogP contribution in [0.25, 0.3) is 0 Å². The van der Waals surface area contributed by atoms with Crippen LogP contribution < -0.4 is 0 Å². The first kappa shape index (κ1) is 15.5. The molecule has 1 aromatic carbocycles. The van der Waals surface area contributed by atoms with E-state index in [1.165, 1.54) is 5.56 Å². The highest BCUT2D eigenvalue weighted by Crippen LogP contribution is 2.33. The molecule has 1 aromatic rings. The van der Waals surface area contributed by atoms with Gasteiger partial charge < -0.3 is 5.11 Å². The molecule has 1 saturated heterocycles. The van der Waals surface area contributed by atoms with E-state index < -0.39 is 5.97 Å². The molecule has 1 N–H and O–H groups in total. The van der Waals surface area contributed by atoms with Gasteiger partial charge in [-0.15, -0.1) is 0 Å². The Bertz CT molecular complexity index is 477. The summed E-state index contributed by atoms with van der Waals surface area (Å²) in [4.78, 5) is 13.6. The van der Waals surface area contributed by atoms with Crippen molar-refractivity contribution in [2.45, 2.75) is 45.2 Å². The van der Waals surface area contributed by atoms with Crippen LogP contribution in [0.2, 0.25) is 0 Å². The highest BCUT2D eigenvalue weighted by molar-refractivity contribution is 9.10. The Morgan fingerprint density at radius 3 is 2.85 bits per heavy atom. The Labute approximate surface area is 129 Å². The molecule has 1 fully saturated rings. The number of hydrogen-bond acceptors (Lipinski definition) is 2. The molecule has 0 aliphatic carbocycles. The number of benzene rings is 1. The van der Waals surface area contributed by atoms with Crippen LogP contribution in [0.1, 0.15) is 44.7 Å². The molecule has 0 spiro atoms. The summed E-state index contributed by atoms with van der Waals surface area (Å²) in [5.74, 6) is -0.826. The third-order valence-electron chi connectivity index (χ3n) is 4.30. The molecule has 3 nitrogen and oxygen atoms in total. The molecule has 1 heterocycles. The van der Waals surface area contributed by atoms with Gasteiger partial charge in [-0.1, -0.05) is 35.0 Å². The maximum Gasteiger partial charge on any atom is 0.306 e. The summed E-state index contributed by atoms with van der Waals surface area (Å²) in [5.41, 5.74) is 1.31. The van der Waals surface area contributed by atoms with Gasteiger partial charge in [-0.25, -0.2) is 0 Å². The average Bonchev–Trinajstić information content (AvgIpc) is 2.41. The average molecular weight is 340 g/mol. The zero-order valence-corrected chi connectivity index (χ0v) is 13.6. The van der Waals surface area contributed by atoms with Crippen LogP contribution >= 0.6 is 15.9 Å². The number of carboxylic acid groups (broad SMARTS) is 1. The van der Waals surface area contributed by atoms with Gasteiger partial charge in [0.05, 0.1) is 5.92 Å². The third-order valence-corrected chi connectivity index (χ3v) is 4.79. The summed E-state index contributed by atoms with van der Waals surface area (Å²) in [6.45, 7) is 5.21. The topological polar surface area (TPSA) is 40.5 Å². The third kappa shape index (κ3) is 3.41.